The molecule has 2 rings (SSSR count). The Morgan fingerprint density at radius 3 is 2.90 bits per heavy atom. The van der Waals surface area contributed by atoms with Crippen molar-refractivity contribution in [2.24, 2.45) is 5.92 Å². The Kier molecular flexibility index (Phi) is 5.94. The van der Waals surface area contributed by atoms with Gasteiger partial charge in [-0.3, -0.25) is 0 Å². The minimum absolute atomic E-state index is 0.331. The summed E-state index contributed by atoms with van der Waals surface area (Å²) in [6, 6.07) is 4.28. The van der Waals surface area contributed by atoms with E-state index in [1.807, 2.05) is 6.20 Å². The second-order valence-electron chi connectivity index (χ2n) is 5.44. The summed E-state index contributed by atoms with van der Waals surface area (Å²) in [5.41, 5.74) is 1.53. The monoisotopic (exact) mass is 354 g/mol. The van der Waals surface area contributed by atoms with E-state index in [0.29, 0.717) is 22.9 Å². The van der Waals surface area contributed by atoms with Crippen molar-refractivity contribution in [1.82, 2.24) is 5.32 Å². The van der Waals surface area contributed by atoms with E-state index >= 15 is 0 Å². The van der Waals surface area contributed by atoms with Crippen LogP contribution in [-0.2, 0) is 0 Å². The fraction of sp³-hybridized carbons (Fsp3) is 0.438. The number of aliphatic hydroxyl groups excluding tert-OH is 1. The van der Waals surface area contributed by atoms with Crippen molar-refractivity contribution in [2.45, 2.75) is 31.8 Å². The molecule has 1 saturated carbocycles. The zero-order valence-electron chi connectivity index (χ0n) is 11.8. The first-order chi connectivity index (χ1) is 10.1. The Hall–Kier alpha value is -1.20. The van der Waals surface area contributed by atoms with E-state index in [2.05, 4.69) is 21.2 Å². The summed E-state index contributed by atoms with van der Waals surface area (Å²) in [7, 11) is 0. The van der Waals surface area contributed by atoms with Crippen molar-refractivity contribution < 1.29 is 9.50 Å². The highest BCUT2D eigenvalue weighted by Crippen LogP contribution is 2.29. The summed E-state index contributed by atoms with van der Waals surface area (Å²) in [6.07, 6.45) is 6.18. The first-order valence-electron chi connectivity index (χ1n) is 7.16. The van der Waals surface area contributed by atoms with Gasteiger partial charge in [0.1, 0.15) is 5.82 Å². The number of halogens is 2. The summed E-state index contributed by atoms with van der Waals surface area (Å²) in [5.74, 6) is 0.455. The molecule has 1 atom stereocenters. The average molecular weight is 355 g/mol. The number of nitrogens with one attached hydrogen (secondary N) is 2. The van der Waals surface area contributed by atoms with E-state index < -0.39 is 6.10 Å². The van der Waals surface area contributed by atoms with Crippen LogP contribution in [0.25, 0.3) is 0 Å². The van der Waals surface area contributed by atoms with Gasteiger partial charge in [-0.15, -0.1) is 0 Å². The first kappa shape index (κ1) is 16.2. The van der Waals surface area contributed by atoms with Gasteiger partial charge in [-0.1, -0.05) is 22.0 Å². The van der Waals surface area contributed by atoms with Gasteiger partial charge in [0.2, 0.25) is 0 Å². The van der Waals surface area contributed by atoms with Crippen LogP contribution >= 0.6 is 15.9 Å². The van der Waals surface area contributed by atoms with Crippen molar-refractivity contribution in [1.29, 1.82) is 5.41 Å². The molecular weight excluding hydrogens is 335 g/mol. The lowest BCUT2D eigenvalue weighted by atomic mass is 10.0. The Bertz CT molecular complexity index is 529. The Morgan fingerprint density at radius 1 is 1.52 bits per heavy atom. The van der Waals surface area contributed by atoms with Crippen LogP contribution in [-0.4, -0.2) is 17.9 Å². The van der Waals surface area contributed by atoms with E-state index in [-0.39, 0.29) is 5.82 Å². The molecule has 1 aromatic rings. The second-order valence-corrected chi connectivity index (χ2v) is 6.29. The number of rotatable bonds is 8. The largest absolute Gasteiger partial charge is 0.390 e. The number of hydrogen-bond acceptors (Lipinski definition) is 3. The number of aliphatic hydroxyl groups is 1. The second kappa shape index (κ2) is 7.71. The first-order valence-corrected chi connectivity index (χ1v) is 7.95. The van der Waals surface area contributed by atoms with Crippen LogP contribution in [0.3, 0.4) is 0 Å². The topological polar surface area (TPSA) is 56.1 Å². The molecule has 0 radical (unpaired) electrons. The molecule has 1 aliphatic rings. The van der Waals surface area contributed by atoms with Crippen molar-refractivity contribution in [2.75, 3.05) is 6.54 Å². The van der Waals surface area contributed by atoms with Crippen LogP contribution in [0.1, 0.15) is 37.4 Å². The Morgan fingerprint density at radius 2 is 2.29 bits per heavy atom. The lowest BCUT2D eigenvalue weighted by molar-refractivity contribution is 0.167. The maximum atomic E-state index is 13.0. The molecule has 5 heteroatoms. The predicted octanol–water partition coefficient (Wildman–Crippen LogP) is 3.93. The van der Waals surface area contributed by atoms with E-state index in [4.69, 9.17) is 5.41 Å². The molecule has 21 heavy (non-hydrogen) atoms. The summed E-state index contributed by atoms with van der Waals surface area (Å²) in [4.78, 5) is 0. The van der Waals surface area contributed by atoms with Crippen molar-refractivity contribution in [3.8, 4) is 0 Å². The van der Waals surface area contributed by atoms with Crippen LogP contribution in [0, 0.1) is 17.1 Å². The SMILES string of the molecule is N=C/C(=C\NCC1CC1)CCC(O)c1ccc(F)cc1Br. The normalized spacial score (nSPS) is 16.6. The Balaban J connectivity index is 1.85. The highest BCUT2D eigenvalue weighted by atomic mass is 79.9. The highest BCUT2D eigenvalue weighted by molar-refractivity contribution is 9.10. The molecule has 0 heterocycles. The van der Waals surface area contributed by atoms with Gasteiger partial charge in [0.05, 0.1) is 6.10 Å². The van der Waals surface area contributed by atoms with Crippen LogP contribution in [0.5, 0.6) is 0 Å². The van der Waals surface area contributed by atoms with Crippen molar-refractivity contribution in [3.05, 3.63) is 45.8 Å². The molecule has 0 spiro atoms. The van der Waals surface area contributed by atoms with Crippen LogP contribution < -0.4 is 5.32 Å². The van der Waals surface area contributed by atoms with Gasteiger partial charge in [-0.05, 0) is 54.9 Å². The smallest absolute Gasteiger partial charge is 0.124 e. The zero-order valence-corrected chi connectivity index (χ0v) is 13.4. The number of hydrogen-bond donors (Lipinski definition) is 3. The third-order valence-electron chi connectivity index (χ3n) is 3.60. The number of allylic oxidation sites excluding steroid dienone is 1. The average Bonchev–Trinajstić information content (AvgIpc) is 3.26. The third kappa shape index (κ3) is 5.25. The summed E-state index contributed by atoms with van der Waals surface area (Å²) >= 11 is 3.26. The minimum Gasteiger partial charge on any atom is -0.390 e. The fourth-order valence-corrected chi connectivity index (χ4v) is 2.71. The maximum absolute atomic E-state index is 13.0. The molecule has 1 unspecified atom stereocenters. The Labute approximate surface area is 132 Å². The molecule has 3 nitrogen and oxygen atoms in total. The molecular formula is C16H20BrFN2O. The van der Waals surface area contributed by atoms with Crippen LogP contribution in [0.4, 0.5) is 4.39 Å². The quantitative estimate of drug-likeness (QED) is 0.619. The molecule has 1 aromatic carbocycles. The van der Waals surface area contributed by atoms with Crippen molar-refractivity contribution >= 4 is 22.1 Å². The highest BCUT2D eigenvalue weighted by Gasteiger charge is 2.19. The van der Waals surface area contributed by atoms with Gasteiger partial charge in [0.15, 0.2) is 0 Å². The summed E-state index contributed by atoms with van der Waals surface area (Å²) in [5, 5.41) is 20.8. The lowest BCUT2D eigenvalue weighted by Crippen LogP contribution is -2.10. The van der Waals surface area contributed by atoms with Gasteiger partial charge in [0, 0.05) is 23.4 Å². The molecule has 1 fully saturated rings. The molecule has 0 bridgehead atoms. The standard InChI is InChI=1S/C16H20BrFN2O/c17-15-7-13(18)4-5-14(15)16(21)6-3-12(8-19)10-20-9-11-1-2-11/h4-5,7-8,10-11,16,19-21H,1-3,6,9H2/b12-10-,19-8?. The maximum Gasteiger partial charge on any atom is 0.124 e. The molecule has 0 saturated heterocycles. The molecule has 114 valence electrons. The molecule has 0 amide bonds. The number of benzene rings is 1. The van der Waals surface area contributed by atoms with Gasteiger partial charge < -0.3 is 15.8 Å². The van der Waals surface area contributed by atoms with Gasteiger partial charge in [-0.2, -0.15) is 0 Å². The van der Waals surface area contributed by atoms with Crippen LogP contribution in [0.15, 0.2) is 34.4 Å². The predicted molar refractivity (Wildman–Crippen MR) is 85.9 cm³/mol. The van der Waals surface area contributed by atoms with E-state index in [1.165, 1.54) is 31.2 Å². The van der Waals surface area contributed by atoms with E-state index in [0.717, 1.165) is 18.0 Å². The summed E-state index contributed by atoms with van der Waals surface area (Å²) < 4.78 is 13.6. The zero-order chi connectivity index (χ0) is 15.2. The minimum atomic E-state index is -0.674. The molecule has 0 aliphatic heterocycles. The third-order valence-corrected chi connectivity index (χ3v) is 4.29. The van der Waals surface area contributed by atoms with Gasteiger partial charge >= 0.3 is 0 Å². The molecule has 1 aliphatic carbocycles. The van der Waals surface area contributed by atoms with Crippen molar-refractivity contribution in [3.63, 3.8) is 0 Å². The van der Waals surface area contributed by atoms with E-state index in [1.54, 1.807) is 6.07 Å². The van der Waals surface area contributed by atoms with Crippen LogP contribution in [0.2, 0.25) is 0 Å². The molecule has 3 N–H and O–H groups in total. The lowest BCUT2D eigenvalue weighted by Gasteiger charge is -2.13. The fourth-order valence-electron chi connectivity index (χ4n) is 2.10. The van der Waals surface area contributed by atoms with Gasteiger partial charge in [0.25, 0.3) is 0 Å². The van der Waals surface area contributed by atoms with E-state index in [9.17, 15) is 9.50 Å². The summed E-state index contributed by atoms with van der Waals surface area (Å²) in [6.45, 7) is 0.962. The molecule has 0 aromatic heterocycles. The van der Waals surface area contributed by atoms with Gasteiger partial charge in [-0.25, -0.2) is 4.39 Å².